The highest BCUT2D eigenvalue weighted by Gasteiger charge is 2.16. The van der Waals surface area contributed by atoms with Gasteiger partial charge in [0, 0.05) is 30.3 Å². The maximum atomic E-state index is 12.4. The highest BCUT2D eigenvalue weighted by molar-refractivity contribution is 7.22. The van der Waals surface area contributed by atoms with Crippen molar-refractivity contribution in [2.45, 2.75) is 6.92 Å². The number of hydrogen-bond acceptors (Lipinski definition) is 6. The number of nitrogens with zero attached hydrogens (tertiary/aromatic N) is 1. The predicted molar refractivity (Wildman–Crippen MR) is 99.3 cm³/mol. The Morgan fingerprint density at radius 1 is 1.04 bits per heavy atom. The van der Waals surface area contributed by atoms with Crippen LogP contribution in [-0.4, -0.2) is 30.0 Å². The first-order valence-corrected chi connectivity index (χ1v) is 8.79. The van der Waals surface area contributed by atoms with Crippen molar-refractivity contribution in [2.75, 3.05) is 23.8 Å². The number of fused-ring (bicyclic) bond motifs is 2. The van der Waals surface area contributed by atoms with E-state index < -0.39 is 0 Å². The Morgan fingerprint density at radius 3 is 2.42 bits per heavy atom. The summed E-state index contributed by atoms with van der Waals surface area (Å²) in [5, 5.41) is 5.96. The fraction of sp³-hybridized carbons (Fsp3) is 0.167. The third-order valence-electron chi connectivity index (χ3n) is 3.74. The van der Waals surface area contributed by atoms with Gasteiger partial charge in [-0.25, -0.2) is 4.98 Å². The average Bonchev–Trinajstić information content (AvgIpc) is 3.00. The molecule has 0 fully saturated rings. The molecule has 7 nitrogen and oxygen atoms in total. The van der Waals surface area contributed by atoms with Gasteiger partial charge >= 0.3 is 0 Å². The van der Waals surface area contributed by atoms with E-state index in [1.165, 1.54) is 18.3 Å². The average molecular weight is 369 g/mol. The van der Waals surface area contributed by atoms with E-state index in [1.807, 2.05) is 12.1 Å². The summed E-state index contributed by atoms with van der Waals surface area (Å²) in [7, 11) is 0. The molecule has 1 aliphatic heterocycles. The van der Waals surface area contributed by atoms with Crippen molar-refractivity contribution in [3.05, 3.63) is 42.0 Å². The van der Waals surface area contributed by atoms with E-state index in [-0.39, 0.29) is 11.8 Å². The van der Waals surface area contributed by atoms with Crippen LogP contribution < -0.4 is 20.1 Å². The summed E-state index contributed by atoms with van der Waals surface area (Å²) < 4.78 is 12.0. The van der Waals surface area contributed by atoms with E-state index in [2.05, 4.69) is 15.6 Å². The predicted octanol–water partition coefficient (Wildman–Crippen LogP) is 3.28. The van der Waals surface area contributed by atoms with E-state index in [0.29, 0.717) is 41.1 Å². The van der Waals surface area contributed by atoms with E-state index >= 15 is 0 Å². The first kappa shape index (κ1) is 16.3. The fourth-order valence-electron chi connectivity index (χ4n) is 2.60. The van der Waals surface area contributed by atoms with Gasteiger partial charge in [-0.05, 0) is 24.3 Å². The molecule has 2 aromatic carbocycles. The summed E-state index contributed by atoms with van der Waals surface area (Å²) in [6.07, 6.45) is 0. The van der Waals surface area contributed by atoms with Gasteiger partial charge in [-0.1, -0.05) is 11.3 Å². The Kier molecular flexibility index (Phi) is 4.18. The molecule has 0 saturated heterocycles. The smallest absolute Gasteiger partial charge is 0.257 e. The molecule has 0 bridgehead atoms. The normalized spacial score (nSPS) is 12.7. The molecule has 8 heteroatoms. The molecule has 132 valence electrons. The van der Waals surface area contributed by atoms with Crippen molar-refractivity contribution in [1.29, 1.82) is 0 Å². The molecule has 3 aromatic rings. The number of anilines is 2. The van der Waals surface area contributed by atoms with Crippen LogP contribution in [0.15, 0.2) is 36.4 Å². The third kappa shape index (κ3) is 3.31. The van der Waals surface area contributed by atoms with Gasteiger partial charge < -0.3 is 14.8 Å². The van der Waals surface area contributed by atoms with Crippen molar-refractivity contribution >= 4 is 44.2 Å². The Bertz CT molecular complexity index is 955. The Balaban J connectivity index is 1.52. The van der Waals surface area contributed by atoms with Crippen LogP contribution in [0.2, 0.25) is 0 Å². The Labute approximate surface area is 152 Å². The second-order valence-electron chi connectivity index (χ2n) is 5.70. The van der Waals surface area contributed by atoms with Crippen molar-refractivity contribution in [3.8, 4) is 11.5 Å². The molecule has 0 spiro atoms. The van der Waals surface area contributed by atoms with Crippen LogP contribution in [0.3, 0.4) is 0 Å². The number of amides is 2. The topological polar surface area (TPSA) is 89.6 Å². The van der Waals surface area contributed by atoms with Crippen LogP contribution in [0, 0.1) is 0 Å². The number of nitrogens with one attached hydrogen (secondary N) is 2. The molecule has 2 N–H and O–H groups in total. The summed E-state index contributed by atoms with van der Waals surface area (Å²) in [5.41, 5.74) is 1.86. The monoisotopic (exact) mass is 369 g/mol. The lowest BCUT2D eigenvalue weighted by Gasteiger charge is -2.17. The number of thiazole rings is 1. The molecule has 2 heterocycles. The summed E-state index contributed by atoms with van der Waals surface area (Å²) in [5.74, 6) is 0.933. The van der Waals surface area contributed by atoms with E-state index in [1.54, 1.807) is 24.3 Å². The van der Waals surface area contributed by atoms with Crippen LogP contribution >= 0.6 is 11.3 Å². The number of carbonyl (C=O) groups excluding carboxylic acids is 2. The van der Waals surface area contributed by atoms with Gasteiger partial charge in [-0.15, -0.1) is 0 Å². The summed E-state index contributed by atoms with van der Waals surface area (Å²) in [6.45, 7) is 2.47. The molecule has 0 atom stereocenters. The van der Waals surface area contributed by atoms with Crippen LogP contribution in [0.1, 0.15) is 17.3 Å². The van der Waals surface area contributed by atoms with Crippen molar-refractivity contribution in [2.24, 2.45) is 0 Å². The quantitative estimate of drug-likeness (QED) is 0.739. The van der Waals surface area contributed by atoms with Crippen LogP contribution in [0.4, 0.5) is 10.8 Å². The van der Waals surface area contributed by atoms with Gasteiger partial charge in [-0.3, -0.25) is 14.9 Å². The zero-order chi connectivity index (χ0) is 18.1. The minimum Gasteiger partial charge on any atom is -0.486 e. The molecule has 1 aromatic heterocycles. The molecule has 26 heavy (non-hydrogen) atoms. The highest BCUT2D eigenvalue weighted by Crippen LogP contribution is 2.37. The number of ether oxygens (including phenoxy) is 2. The van der Waals surface area contributed by atoms with Crippen LogP contribution in [0.5, 0.6) is 11.5 Å². The van der Waals surface area contributed by atoms with Crippen molar-refractivity contribution in [3.63, 3.8) is 0 Å². The molecule has 0 aliphatic carbocycles. The van der Waals surface area contributed by atoms with E-state index in [4.69, 9.17) is 9.47 Å². The summed E-state index contributed by atoms with van der Waals surface area (Å²) in [4.78, 5) is 27.9. The number of benzene rings is 2. The molecular formula is C18H15N3O4S. The lowest BCUT2D eigenvalue weighted by molar-refractivity contribution is -0.114. The maximum absolute atomic E-state index is 12.4. The highest BCUT2D eigenvalue weighted by atomic mass is 32.1. The number of carbonyl (C=O) groups is 2. The van der Waals surface area contributed by atoms with Crippen molar-refractivity contribution < 1.29 is 19.1 Å². The largest absolute Gasteiger partial charge is 0.486 e. The maximum Gasteiger partial charge on any atom is 0.257 e. The third-order valence-corrected chi connectivity index (χ3v) is 4.67. The molecule has 0 saturated carbocycles. The second kappa shape index (κ2) is 6.64. The standard InChI is InChI=1S/C18H15N3O4S/c1-10(22)19-12-4-2-11(3-5-12)17(23)21-18-20-13-8-14-15(9-16(13)26-18)25-7-6-24-14/h2-5,8-9H,6-7H2,1H3,(H,19,22)(H,20,21,23). The minimum absolute atomic E-state index is 0.160. The van der Waals surface area contributed by atoms with Crippen LogP contribution in [0.25, 0.3) is 10.2 Å². The Morgan fingerprint density at radius 2 is 1.73 bits per heavy atom. The van der Waals surface area contributed by atoms with Gasteiger partial charge in [-0.2, -0.15) is 0 Å². The molecule has 0 unspecified atom stereocenters. The van der Waals surface area contributed by atoms with Gasteiger partial charge in [0.25, 0.3) is 5.91 Å². The van der Waals surface area contributed by atoms with E-state index in [9.17, 15) is 9.59 Å². The SMILES string of the molecule is CC(=O)Nc1ccc(C(=O)Nc2nc3cc4c(cc3s2)OCCO4)cc1. The zero-order valence-corrected chi connectivity index (χ0v) is 14.7. The van der Waals surface area contributed by atoms with Gasteiger partial charge in [0.15, 0.2) is 16.6 Å². The fourth-order valence-corrected chi connectivity index (χ4v) is 3.47. The lowest BCUT2D eigenvalue weighted by Crippen LogP contribution is -2.15. The summed E-state index contributed by atoms with van der Waals surface area (Å²) in [6, 6.07) is 10.3. The molecule has 4 rings (SSSR count). The van der Waals surface area contributed by atoms with Gasteiger partial charge in [0.2, 0.25) is 5.91 Å². The first-order chi connectivity index (χ1) is 12.6. The van der Waals surface area contributed by atoms with E-state index in [0.717, 1.165) is 10.2 Å². The second-order valence-corrected chi connectivity index (χ2v) is 6.73. The van der Waals surface area contributed by atoms with Gasteiger partial charge in [0.05, 0.1) is 10.2 Å². The molecule has 1 aliphatic rings. The Hall–Kier alpha value is -3.13. The summed E-state index contributed by atoms with van der Waals surface area (Å²) >= 11 is 1.37. The van der Waals surface area contributed by atoms with Crippen molar-refractivity contribution in [1.82, 2.24) is 4.98 Å². The molecular weight excluding hydrogens is 354 g/mol. The lowest BCUT2D eigenvalue weighted by atomic mass is 10.2. The zero-order valence-electron chi connectivity index (χ0n) is 13.9. The number of rotatable bonds is 3. The number of aromatic nitrogens is 1. The van der Waals surface area contributed by atoms with Crippen LogP contribution in [-0.2, 0) is 4.79 Å². The molecule has 2 amide bonds. The molecule has 0 radical (unpaired) electrons. The first-order valence-electron chi connectivity index (χ1n) is 7.98. The minimum atomic E-state index is -0.268. The number of hydrogen-bond donors (Lipinski definition) is 2. The van der Waals surface area contributed by atoms with Gasteiger partial charge in [0.1, 0.15) is 13.2 Å².